The van der Waals surface area contributed by atoms with E-state index in [1.165, 1.54) is 52.8 Å². The fourth-order valence-corrected chi connectivity index (χ4v) is 4.06. The molecule has 146 valence electrons. The number of unbranched alkanes of at least 4 members (excludes halogenated alkanes) is 2. The highest BCUT2D eigenvalue weighted by Crippen LogP contribution is 2.34. The minimum atomic E-state index is 0.640. The second kappa shape index (κ2) is 10.9. The highest BCUT2D eigenvalue weighted by Gasteiger charge is 2.05. The summed E-state index contributed by atoms with van der Waals surface area (Å²) in [4.78, 5) is 1.24. The van der Waals surface area contributed by atoms with Crippen molar-refractivity contribution in [2.75, 3.05) is 6.61 Å². The fourth-order valence-electron chi connectivity index (χ4n) is 3.19. The van der Waals surface area contributed by atoms with Crippen LogP contribution in [0.25, 0.3) is 21.6 Å². The largest absolute Gasteiger partial charge is 0.480 e. The molecule has 0 amide bonds. The molecule has 0 N–H and O–H groups in total. The topological polar surface area (TPSA) is 9.23 Å². The molecule has 1 heterocycles. The van der Waals surface area contributed by atoms with Crippen molar-refractivity contribution in [1.82, 2.24) is 0 Å². The Morgan fingerprint density at radius 3 is 2.11 bits per heavy atom. The molecule has 28 heavy (non-hydrogen) atoms. The summed E-state index contributed by atoms with van der Waals surface area (Å²) >= 11 is 1.70. The normalized spacial score (nSPS) is 11.2. The van der Waals surface area contributed by atoms with Gasteiger partial charge in [-0.1, -0.05) is 98.7 Å². The number of hydrogen-bond donors (Lipinski definition) is 0. The summed E-state index contributed by atoms with van der Waals surface area (Å²) in [6.45, 7) is 5.02. The van der Waals surface area contributed by atoms with Crippen molar-refractivity contribution in [2.45, 2.75) is 46.0 Å². The van der Waals surface area contributed by atoms with E-state index in [1.54, 1.807) is 11.3 Å². The van der Waals surface area contributed by atoms with Crippen LogP contribution in [-0.2, 0) is 6.42 Å². The van der Waals surface area contributed by atoms with E-state index in [2.05, 4.69) is 86.7 Å². The molecule has 1 aromatic heterocycles. The quantitative estimate of drug-likeness (QED) is 0.250. The van der Waals surface area contributed by atoms with Crippen LogP contribution in [0.5, 0.6) is 5.06 Å². The molecule has 0 aliphatic carbocycles. The maximum absolute atomic E-state index is 5.78. The number of hydrogen-bond acceptors (Lipinski definition) is 2. The molecule has 2 heteroatoms. The van der Waals surface area contributed by atoms with Crippen LogP contribution in [0.4, 0.5) is 0 Å². The number of benzene rings is 2. The minimum absolute atomic E-state index is 0.640. The van der Waals surface area contributed by atoms with Crippen LogP contribution in [0, 0.1) is 0 Å². The monoisotopic (exact) mass is 390 g/mol. The lowest BCUT2D eigenvalue weighted by atomic mass is 10.0. The second-order valence-corrected chi connectivity index (χ2v) is 8.09. The van der Waals surface area contributed by atoms with Crippen LogP contribution in [0.1, 0.15) is 45.1 Å². The average molecular weight is 391 g/mol. The molecule has 0 spiro atoms. The molecule has 3 aromatic rings. The highest BCUT2D eigenvalue weighted by atomic mass is 32.1. The molecule has 0 saturated heterocycles. The Kier molecular flexibility index (Phi) is 7.93. The zero-order chi connectivity index (χ0) is 19.6. The predicted molar refractivity (Wildman–Crippen MR) is 123 cm³/mol. The third kappa shape index (κ3) is 5.84. The molecule has 3 rings (SSSR count). The molecule has 1 nitrogen and oxygen atoms in total. The van der Waals surface area contributed by atoms with Gasteiger partial charge in [0.2, 0.25) is 0 Å². The summed E-state index contributed by atoms with van der Waals surface area (Å²) < 4.78 is 5.78. The zero-order valence-corrected chi connectivity index (χ0v) is 17.8. The number of ether oxygens (including phenoxy) is 1. The molecular weight excluding hydrogens is 360 g/mol. The molecule has 0 saturated carbocycles. The maximum atomic E-state index is 5.78. The van der Waals surface area contributed by atoms with Crippen LogP contribution in [0.3, 0.4) is 0 Å². The van der Waals surface area contributed by atoms with Crippen molar-refractivity contribution in [3.05, 3.63) is 78.4 Å². The van der Waals surface area contributed by atoms with Crippen molar-refractivity contribution in [2.24, 2.45) is 0 Å². The minimum Gasteiger partial charge on any atom is -0.480 e. The van der Waals surface area contributed by atoms with Gasteiger partial charge in [0.25, 0.3) is 0 Å². The number of rotatable bonds is 10. The average Bonchev–Trinajstić information content (AvgIpc) is 3.21. The Morgan fingerprint density at radius 1 is 0.750 bits per heavy atom. The van der Waals surface area contributed by atoms with Gasteiger partial charge in [-0.15, -0.1) is 0 Å². The van der Waals surface area contributed by atoms with Gasteiger partial charge < -0.3 is 4.74 Å². The molecule has 0 fully saturated rings. The van der Waals surface area contributed by atoms with Crippen molar-refractivity contribution < 1.29 is 4.74 Å². The van der Waals surface area contributed by atoms with E-state index in [4.69, 9.17) is 4.74 Å². The molecular formula is C26H30OS. The van der Waals surface area contributed by atoms with E-state index in [0.29, 0.717) is 6.61 Å². The fraction of sp³-hybridized carbons (Fsp3) is 0.308. The van der Waals surface area contributed by atoms with Gasteiger partial charge in [-0.25, -0.2) is 0 Å². The Balaban J connectivity index is 1.62. The lowest BCUT2D eigenvalue weighted by Gasteiger charge is -2.06. The first-order valence-electron chi connectivity index (χ1n) is 10.4. The first-order valence-corrected chi connectivity index (χ1v) is 11.2. The highest BCUT2D eigenvalue weighted by molar-refractivity contribution is 7.17. The molecule has 0 atom stereocenters. The van der Waals surface area contributed by atoms with Crippen molar-refractivity contribution in [3.8, 4) is 26.6 Å². The SMILES string of the molecule is CCC=CCOc1ccc(-c2ccc(-c3ccc(CCCCC)cc3)cc2)s1. The van der Waals surface area contributed by atoms with Gasteiger partial charge in [-0.2, -0.15) is 0 Å². The molecule has 0 aliphatic rings. The smallest absolute Gasteiger partial charge is 0.174 e. The van der Waals surface area contributed by atoms with Crippen LogP contribution < -0.4 is 4.74 Å². The molecule has 0 radical (unpaired) electrons. The zero-order valence-electron chi connectivity index (χ0n) is 17.0. The lowest BCUT2D eigenvalue weighted by molar-refractivity contribution is 0.373. The van der Waals surface area contributed by atoms with Gasteiger partial charge in [0.05, 0.1) is 0 Å². The van der Waals surface area contributed by atoms with Crippen molar-refractivity contribution in [1.29, 1.82) is 0 Å². The number of thiophene rings is 1. The number of allylic oxidation sites excluding steroid dienone is 1. The van der Waals surface area contributed by atoms with Crippen molar-refractivity contribution in [3.63, 3.8) is 0 Å². The van der Waals surface area contributed by atoms with E-state index in [9.17, 15) is 0 Å². The Labute approximate surface area is 173 Å². The lowest BCUT2D eigenvalue weighted by Crippen LogP contribution is -1.89. The maximum Gasteiger partial charge on any atom is 0.174 e. The standard InChI is InChI=1S/C26H30OS/c1-3-5-7-9-21-10-12-22(13-11-21)23-14-16-24(17-15-23)25-18-19-26(28-25)27-20-8-6-4-2/h6,8,10-19H,3-5,7,9,20H2,1-2H3. The van der Waals surface area contributed by atoms with Gasteiger partial charge in [0.15, 0.2) is 5.06 Å². The van der Waals surface area contributed by atoms with Gasteiger partial charge in [0, 0.05) is 4.88 Å². The first-order chi connectivity index (χ1) is 13.8. The number of aryl methyl sites for hydroxylation is 1. The van der Waals surface area contributed by atoms with Crippen LogP contribution in [-0.4, -0.2) is 6.61 Å². The predicted octanol–water partition coefficient (Wildman–Crippen LogP) is 8.16. The van der Waals surface area contributed by atoms with E-state index in [0.717, 1.165) is 11.5 Å². The van der Waals surface area contributed by atoms with Crippen LogP contribution in [0.2, 0.25) is 0 Å². The van der Waals surface area contributed by atoms with E-state index >= 15 is 0 Å². The summed E-state index contributed by atoms with van der Waals surface area (Å²) in [5.41, 5.74) is 5.22. The Hall–Kier alpha value is -2.32. The Morgan fingerprint density at radius 2 is 1.43 bits per heavy atom. The molecule has 2 aromatic carbocycles. The van der Waals surface area contributed by atoms with E-state index in [-0.39, 0.29) is 0 Å². The molecule has 0 unspecified atom stereocenters. The van der Waals surface area contributed by atoms with Gasteiger partial charge in [0.1, 0.15) is 6.61 Å². The van der Waals surface area contributed by atoms with Crippen LogP contribution >= 0.6 is 11.3 Å². The van der Waals surface area contributed by atoms with Gasteiger partial charge >= 0.3 is 0 Å². The summed E-state index contributed by atoms with van der Waals surface area (Å²) in [5, 5.41) is 0.971. The van der Waals surface area contributed by atoms with Crippen LogP contribution in [0.15, 0.2) is 72.8 Å². The summed E-state index contributed by atoms with van der Waals surface area (Å²) in [5.74, 6) is 0. The first kappa shape index (κ1) is 20.4. The second-order valence-electron chi connectivity index (χ2n) is 7.04. The summed E-state index contributed by atoms with van der Waals surface area (Å²) in [7, 11) is 0. The molecule has 0 aliphatic heterocycles. The van der Waals surface area contributed by atoms with Gasteiger partial charge in [-0.05, 0) is 53.6 Å². The Bertz CT molecular complexity index is 856. The molecule has 0 bridgehead atoms. The van der Waals surface area contributed by atoms with E-state index < -0.39 is 0 Å². The van der Waals surface area contributed by atoms with Crippen molar-refractivity contribution >= 4 is 11.3 Å². The summed E-state index contributed by atoms with van der Waals surface area (Å²) in [6.07, 6.45) is 10.3. The summed E-state index contributed by atoms with van der Waals surface area (Å²) in [6, 6.07) is 22.1. The third-order valence-electron chi connectivity index (χ3n) is 4.83. The third-order valence-corrected chi connectivity index (χ3v) is 5.88. The van der Waals surface area contributed by atoms with Gasteiger partial charge in [-0.3, -0.25) is 0 Å². The van der Waals surface area contributed by atoms with E-state index in [1.807, 2.05) is 0 Å².